The number of nitrogens with two attached hydrogens (primary N) is 2. The van der Waals surface area contributed by atoms with Gasteiger partial charge in [-0.05, 0) is 17.9 Å². The normalized spacial score (nSPS) is 23.8. The van der Waals surface area contributed by atoms with E-state index in [4.69, 9.17) is 11.5 Å². The highest BCUT2D eigenvalue weighted by atomic mass is 32.2. The first kappa shape index (κ1) is 8.87. The van der Waals surface area contributed by atoms with Gasteiger partial charge in [-0.25, -0.2) is 0 Å². The Morgan fingerprint density at radius 2 is 2.27 bits per heavy atom. The van der Waals surface area contributed by atoms with Crippen LogP contribution in [-0.4, -0.2) is 23.0 Å². The molecule has 4 heteroatoms. The minimum Gasteiger partial charge on any atom is -0.368 e. The van der Waals surface area contributed by atoms with Gasteiger partial charge in [0.1, 0.15) is 0 Å². The molecule has 1 rings (SSSR count). The van der Waals surface area contributed by atoms with Crippen LogP contribution in [0, 0.1) is 5.92 Å². The van der Waals surface area contributed by atoms with Crippen molar-refractivity contribution < 1.29 is 4.79 Å². The van der Waals surface area contributed by atoms with Crippen LogP contribution in [0.3, 0.4) is 0 Å². The molecule has 1 heterocycles. The summed E-state index contributed by atoms with van der Waals surface area (Å²) in [6.45, 7) is 1.91. The van der Waals surface area contributed by atoms with Crippen LogP contribution in [0.5, 0.6) is 0 Å². The number of hydrogen-bond acceptors (Lipinski definition) is 3. The lowest BCUT2D eigenvalue weighted by molar-refractivity contribution is -0.124. The molecule has 1 amide bonds. The van der Waals surface area contributed by atoms with Gasteiger partial charge in [0.2, 0.25) is 5.91 Å². The van der Waals surface area contributed by atoms with E-state index in [1.165, 1.54) is 0 Å². The maximum Gasteiger partial charge on any atom is 0.237 e. The van der Waals surface area contributed by atoms with Gasteiger partial charge in [-0.2, -0.15) is 11.8 Å². The quantitative estimate of drug-likeness (QED) is 0.630. The molecule has 1 fully saturated rings. The smallest absolute Gasteiger partial charge is 0.237 e. The Bertz CT molecular complexity index is 170. The number of hydrogen-bond donors (Lipinski definition) is 2. The second-order valence-electron chi connectivity index (χ2n) is 2.99. The summed E-state index contributed by atoms with van der Waals surface area (Å²) in [5, 5.41) is 0. The van der Waals surface area contributed by atoms with Crippen molar-refractivity contribution >= 4 is 17.7 Å². The van der Waals surface area contributed by atoms with Gasteiger partial charge in [-0.3, -0.25) is 4.79 Å². The van der Waals surface area contributed by atoms with Crippen molar-refractivity contribution in [3.05, 3.63) is 0 Å². The molecule has 1 aliphatic rings. The van der Waals surface area contributed by atoms with E-state index >= 15 is 0 Å². The Hall–Kier alpha value is -0.220. The van der Waals surface area contributed by atoms with Gasteiger partial charge in [0.25, 0.3) is 0 Å². The number of carbonyl (C=O) groups is 1. The van der Waals surface area contributed by atoms with Crippen molar-refractivity contribution in [1.82, 2.24) is 0 Å². The van der Waals surface area contributed by atoms with Crippen molar-refractivity contribution in [2.45, 2.75) is 18.9 Å². The minimum atomic E-state index is -0.745. The molecule has 0 aromatic heterocycles. The molecule has 1 aliphatic heterocycles. The molecule has 1 atom stereocenters. The first-order chi connectivity index (χ1) is 5.11. The van der Waals surface area contributed by atoms with Gasteiger partial charge in [0.05, 0.1) is 5.54 Å². The third-order valence-electron chi connectivity index (χ3n) is 2.41. The molecular weight excluding hydrogens is 160 g/mol. The Morgan fingerprint density at radius 3 is 2.36 bits per heavy atom. The molecule has 0 aliphatic carbocycles. The summed E-state index contributed by atoms with van der Waals surface area (Å²) in [4.78, 5) is 11.0. The molecule has 0 aromatic carbocycles. The zero-order valence-electron chi connectivity index (χ0n) is 6.67. The van der Waals surface area contributed by atoms with Crippen molar-refractivity contribution in [3.63, 3.8) is 0 Å². The number of thioether (sulfide) groups is 1. The standard InChI is InChI=1S/C7H14N2OS/c1-2-7(9,6(8)10)5-3-11-4-5/h5H,2-4,9H2,1H3,(H2,8,10). The number of rotatable bonds is 3. The third-order valence-corrected chi connectivity index (χ3v) is 3.69. The molecule has 0 saturated carbocycles. The molecule has 64 valence electrons. The molecule has 0 bridgehead atoms. The van der Waals surface area contributed by atoms with E-state index in [1.54, 1.807) is 0 Å². The second-order valence-corrected chi connectivity index (χ2v) is 4.07. The van der Waals surface area contributed by atoms with Crippen LogP contribution in [0.2, 0.25) is 0 Å². The highest BCUT2D eigenvalue weighted by molar-refractivity contribution is 8.00. The van der Waals surface area contributed by atoms with E-state index in [-0.39, 0.29) is 5.91 Å². The molecule has 3 nitrogen and oxygen atoms in total. The van der Waals surface area contributed by atoms with E-state index in [2.05, 4.69) is 0 Å². The summed E-state index contributed by atoms with van der Waals surface area (Å²) in [5.74, 6) is 1.90. The van der Waals surface area contributed by atoms with Crippen LogP contribution in [0.15, 0.2) is 0 Å². The molecule has 1 unspecified atom stereocenters. The highest BCUT2D eigenvalue weighted by Gasteiger charge is 2.42. The number of amides is 1. The van der Waals surface area contributed by atoms with Crippen LogP contribution in [0.1, 0.15) is 13.3 Å². The van der Waals surface area contributed by atoms with E-state index in [1.807, 2.05) is 18.7 Å². The van der Waals surface area contributed by atoms with Crippen molar-refractivity contribution in [2.75, 3.05) is 11.5 Å². The molecular formula is C7H14N2OS. The summed E-state index contributed by atoms with van der Waals surface area (Å²) >= 11 is 1.82. The molecule has 1 saturated heterocycles. The van der Waals surface area contributed by atoms with Crippen molar-refractivity contribution in [2.24, 2.45) is 17.4 Å². The zero-order chi connectivity index (χ0) is 8.48. The largest absolute Gasteiger partial charge is 0.368 e. The fraction of sp³-hybridized carbons (Fsp3) is 0.857. The maximum atomic E-state index is 11.0. The topological polar surface area (TPSA) is 69.1 Å². The van der Waals surface area contributed by atoms with Gasteiger partial charge < -0.3 is 11.5 Å². The first-order valence-corrected chi connectivity index (χ1v) is 4.93. The van der Waals surface area contributed by atoms with E-state index in [0.29, 0.717) is 12.3 Å². The van der Waals surface area contributed by atoms with Crippen LogP contribution in [0.25, 0.3) is 0 Å². The maximum absolute atomic E-state index is 11.0. The Balaban J connectivity index is 2.65. The zero-order valence-corrected chi connectivity index (χ0v) is 7.49. The molecule has 0 spiro atoms. The van der Waals surface area contributed by atoms with Crippen LogP contribution in [0.4, 0.5) is 0 Å². The van der Waals surface area contributed by atoms with Crippen LogP contribution < -0.4 is 11.5 Å². The highest BCUT2D eigenvalue weighted by Crippen LogP contribution is 2.34. The van der Waals surface area contributed by atoms with E-state index in [0.717, 1.165) is 11.5 Å². The summed E-state index contributed by atoms with van der Waals surface area (Å²) in [6.07, 6.45) is 0.646. The summed E-state index contributed by atoms with van der Waals surface area (Å²) in [5.41, 5.74) is 10.3. The Labute approximate surface area is 70.9 Å². The fourth-order valence-electron chi connectivity index (χ4n) is 1.20. The first-order valence-electron chi connectivity index (χ1n) is 3.77. The Kier molecular flexibility index (Phi) is 2.44. The van der Waals surface area contributed by atoms with Gasteiger partial charge in [0.15, 0.2) is 0 Å². The number of carbonyl (C=O) groups excluding carboxylic acids is 1. The van der Waals surface area contributed by atoms with Crippen LogP contribution >= 0.6 is 11.8 Å². The predicted octanol–water partition coefficient (Wildman–Crippen LogP) is -0.0578. The SMILES string of the molecule is CCC(N)(C(N)=O)C1CSC1. The minimum absolute atomic E-state index is 0.301. The van der Waals surface area contributed by atoms with E-state index in [9.17, 15) is 4.79 Å². The molecule has 11 heavy (non-hydrogen) atoms. The molecule has 0 aromatic rings. The fourth-order valence-corrected chi connectivity index (χ4v) is 2.26. The average Bonchev–Trinajstić information content (AvgIpc) is 1.83. The van der Waals surface area contributed by atoms with Crippen LogP contribution in [-0.2, 0) is 4.79 Å². The van der Waals surface area contributed by atoms with Crippen molar-refractivity contribution in [3.8, 4) is 0 Å². The summed E-state index contributed by atoms with van der Waals surface area (Å²) in [7, 11) is 0. The van der Waals surface area contributed by atoms with Gasteiger partial charge in [-0.1, -0.05) is 6.92 Å². The van der Waals surface area contributed by atoms with Gasteiger partial charge in [-0.15, -0.1) is 0 Å². The second kappa shape index (κ2) is 3.03. The number of primary amides is 1. The summed E-state index contributed by atoms with van der Waals surface area (Å²) in [6, 6.07) is 0. The average molecular weight is 174 g/mol. The van der Waals surface area contributed by atoms with Gasteiger partial charge in [0, 0.05) is 5.92 Å². The lowest BCUT2D eigenvalue weighted by Crippen LogP contribution is -2.60. The van der Waals surface area contributed by atoms with E-state index < -0.39 is 5.54 Å². The summed E-state index contributed by atoms with van der Waals surface area (Å²) < 4.78 is 0. The van der Waals surface area contributed by atoms with Gasteiger partial charge >= 0.3 is 0 Å². The van der Waals surface area contributed by atoms with Crippen molar-refractivity contribution in [1.29, 1.82) is 0 Å². The monoisotopic (exact) mass is 174 g/mol. The lowest BCUT2D eigenvalue weighted by atomic mass is 9.83. The predicted molar refractivity (Wildman–Crippen MR) is 47.2 cm³/mol. The molecule has 0 radical (unpaired) electrons. The lowest BCUT2D eigenvalue weighted by Gasteiger charge is -2.39. The molecule has 4 N–H and O–H groups in total. The Morgan fingerprint density at radius 1 is 1.73 bits per heavy atom. The third kappa shape index (κ3) is 1.37.